The second kappa shape index (κ2) is 4.99. The lowest BCUT2D eigenvalue weighted by Crippen LogP contribution is -2.53. The average Bonchev–Trinajstić information content (AvgIpc) is 3.28. The van der Waals surface area contributed by atoms with Crippen LogP contribution in [0.1, 0.15) is 24.8 Å². The Hall–Kier alpha value is -1.52. The molecule has 0 bridgehead atoms. The van der Waals surface area contributed by atoms with Crippen LogP contribution in [0.4, 0.5) is 0 Å². The minimum atomic E-state index is -0.318. The van der Waals surface area contributed by atoms with E-state index in [4.69, 9.17) is 9.47 Å². The van der Waals surface area contributed by atoms with Crippen LogP contribution < -0.4 is 9.47 Å². The quantitative estimate of drug-likeness (QED) is 0.870. The molecule has 1 unspecified atom stereocenters. The first-order chi connectivity index (χ1) is 11.1. The van der Waals surface area contributed by atoms with Gasteiger partial charge in [0, 0.05) is 16.9 Å². The van der Waals surface area contributed by atoms with Crippen LogP contribution >= 0.6 is 0 Å². The maximum atomic E-state index is 10.6. The van der Waals surface area contributed by atoms with Crippen LogP contribution in [0.25, 0.3) is 0 Å². The van der Waals surface area contributed by atoms with E-state index >= 15 is 0 Å². The molecule has 1 aromatic carbocycles. The van der Waals surface area contributed by atoms with Gasteiger partial charge in [-0.1, -0.05) is 18.2 Å². The summed E-state index contributed by atoms with van der Waals surface area (Å²) in [6.07, 6.45) is 7.26. The SMILES string of the molecule is COc1ccc([C@@]23C=C[C@H](O)C4(CC4)C2N(C)CC3)cc1OC. The number of aliphatic hydroxyl groups is 1. The highest BCUT2D eigenvalue weighted by molar-refractivity contribution is 5.50. The van der Waals surface area contributed by atoms with Crippen LogP contribution in [-0.4, -0.2) is 50.0 Å². The molecule has 1 N–H and O–H groups in total. The maximum Gasteiger partial charge on any atom is 0.161 e. The molecule has 124 valence electrons. The summed E-state index contributed by atoms with van der Waals surface area (Å²) in [4.78, 5) is 2.44. The smallest absolute Gasteiger partial charge is 0.161 e. The van der Waals surface area contributed by atoms with E-state index in [0.717, 1.165) is 37.3 Å². The fraction of sp³-hybridized carbons (Fsp3) is 0.579. The van der Waals surface area contributed by atoms with Crippen LogP contribution in [0, 0.1) is 5.41 Å². The second-order valence-electron chi connectivity index (χ2n) is 7.28. The number of nitrogens with zero attached hydrogens (tertiary/aromatic N) is 1. The van der Waals surface area contributed by atoms with Gasteiger partial charge in [0.25, 0.3) is 0 Å². The summed E-state index contributed by atoms with van der Waals surface area (Å²) >= 11 is 0. The molecule has 1 aliphatic heterocycles. The summed E-state index contributed by atoms with van der Waals surface area (Å²) in [7, 11) is 5.54. The summed E-state index contributed by atoms with van der Waals surface area (Å²) in [6, 6.07) is 6.62. The summed E-state index contributed by atoms with van der Waals surface area (Å²) in [5, 5.41) is 10.6. The van der Waals surface area contributed by atoms with Crippen LogP contribution in [0.3, 0.4) is 0 Å². The molecule has 0 radical (unpaired) electrons. The van der Waals surface area contributed by atoms with E-state index in [-0.39, 0.29) is 16.9 Å². The summed E-state index contributed by atoms with van der Waals surface area (Å²) < 4.78 is 10.9. The molecule has 1 spiro atoms. The number of methoxy groups -OCH3 is 2. The number of hydrogen-bond acceptors (Lipinski definition) is 4. The molecule has 2 aliphatic carbocycles. The van der Waals surface area contributed by atoms with E-state index < -0.39 is 0 Å². The van der Waals surface area contributed by atoms with Crippen molar-refractivity contribution in [1.29, 1.82) is 0 Å². The molecule has 3 atom stereocenters. The molecule has 4 heteroatoms. The molecule has 1 saturated carbocycles. The molecule has 2 fully saturated rings. The van der Waals surface area contributed by atoms with Gasteiger partial charge >= 0.3 is 0 Å². The number of hydrogen-bond donors (Lipinski definition) is 1. The van der Waals surface area contributed by atoms with E-state index in [1.807, 2.05) is 12.1 Å². The molecule has 0 amide bonds. The van der Waals surface area contributed by atoms with Crippen molar-refractivity contribution in [3.63, 3.8) is 0 Å². The lowest BCUT2D eigenvalue weighted by Gasteiger charge is -2.46. The number of aliphatic hydroxyl groups excluding tert-OH is 1. The zero-order valence-corrected chi connectivity index (χ0v) is 14.1. The predicted octanol–water partition coefficient (Wildman–Crippen LogP) is 2.36. The Morgan fingerprint density at radius 2 is 1.87 bits per heavy atom. The Kier molecular flexibility index (Phi) is 3.26. The zero-order valence-electron chi connectivity index (χ0n) is 14.1. The van der Waals surface area contributed by atoms with Crippen molar-refractivity contribution in [3.05, 3.63) is 35.9 Å². The minimum Gasteiger partial charge on any atom is -0.493 e. The minimum absolute atomic E-state index is 0.0349. The van der Waals surface area contributed by atoms with Gasteiger partial charge in [0.1, 0.15) is 0 Å². The van der Waals surface area contributed by atoms with Gasteiger partial charge in [-0.3, -0.25) is 0 Å². The highest BCUT2D eigenvalue weighted by atomic mass is 16.5. The molecule has 3 aliphatic rings. The fourth-order valence-electron chi connectivity index (χ4n) is 5.00. The molecule has 23 heavy (non-hydrogen) atoms. The van der Waals surface area contributed by atoms with E-state index in [1.54, 1.807) is 14.2 Å². The predicted molar refractivity (Wildman–Crippen MR) is 89.1 cm³/mol. The van der Waals surface area contributed by atoms with Gasteiger partial charge in [-0.2, -0.15) is 0 Å². The van der Waals surface area contributed by atoms with Gasteiger partial charge in [-0.25, -0.2) is 0 Å². The largest absolute Gasteiger partial charge is 0.493 e. The van der Waals surface area contributed by atoms with Crippen molar-refractivity contribution in [1.82, 2.24) is 4.90 Å². The second-order valence-corrected chi connectivity index (χ2v) is 7.28. The topological polar surface area (TPSA) is 41.9 Å². The summed E-state index contributed by atoms with van der Waals surface area (Å²) in [5.41, 5.74) is 1.26. The fourth-order valence-corrected chi connectivity index (χ4v) is 5.00. The molecule has 1 aromatic rings. The van der Waals surface area contributed by atoms with Crippen molar-refractivity contribution in [3.8, 4) is 11.5 Å². The van der Waals surface area contributed by atoms with Gasteiger partial charge in [0.2, 0.25) is 0 Å². The van der Waals surface area contributed by atoms with Gasteiger partial charge in [-0.15, -0.1) is 0 Å². The monoisotopic (exact) mass is 315 g/mol. The first kappa shape index (κ1) is 15.0. The van der Waals surface area contributed by atoms with E-state index in [2.05, 4.69) is 30.2 Å². The van der Waals surface area contributed by atoms with Crippen molar-refractivity contribution in [2.75, 3.05) is 27.8 Å². The molecule has 0 aromatic heterocycles. The molecular weight excluding hydrogens is 290 g/mol. The molecule has 1 heterocycles. The Morgan fingerprint density at radius 3 is 2.52 bits per heavy atom. The Balaban J connectivity index is 1.84. The van der Waals surface area contributed by atoms with Crippen LogP contribution in [0.15, 0.2) is 30.4 Å². The van der Waals surface area contributed by atoms with E-state index in [9.17, 15) is 5.11 Å². The third-order valence-corrected chi connectivity index (χ3v) is 6.26. The van der Waals surface area contributed by atoms with Crippen LogP contribution in [0.2, 0.25) is 0 Å². The van der Waals surface area contributed by atoms with Crippen molar-refractivity contribution in [2.24, 2.45) is 5.41 Å². The first-order valence-electron chi connectivity index (χ1n) is 8.37. The Morgan fingerprint density at radius 1 is 1.13 bits per heavy atom. The van der Waals surface area contributed by atoms with E-state index in [1.165, 1.54) is 5.56 Å². The lowest BCUT2D eigenvalue weighted by molar-refractivity contribution is 0.0464. The lowest BCUT2D eigenvalue weighted by atomic mass is 9.63. The molecular formula is C19H25NO3. The highest BCUT2D eigenvalue weighted by Crippen LogP contribution is 2.63. The van der Waals surface area contributed by atoms with Gasteiger partial charge in [0.15, 0.2) is 11.5 Å². The van der Waals surface area contributed by atoms with Crippen LogP contribution in [-0.2, 0) is 5.41 Å². The Bertz CT molecular complexity index is 652. The number of fused-ring (bicyclic) bond motifs is 2. The third kappa shape index (κ3) is 1.91. The van der Waals surface area contributed by atoms with E-state index in [0.29, 0.717) is 6.04 Å². The molecule has 4 rings (SSSR count). The van der Waals surface area contributed by atoms with Crippen LogP contribution in [0.5, 0.6) is 11.5 Å². The van der Waals surface area contributed by atoms with Crippen molar-refractivity contribution >= 4 is 0 Å². The van der Waals surface area contributed by atoms with Crippen molar-refractivity contribution in [2.45, 2.75) is 36.8 Å². The summed E-state index contributed by atoms with van der Waals surface area (Å²) in [5.74, 6) is 1.54. The first-order valence-corrected chi connectivity index (χ1v) is 8.37. The molecule has 4 nitrogen and oxygen atoms in total. The number of likely N-dealkylation sites (tertiary alicyclic amines) is 1. The molecule has 1 saturated heterocycles. The zero-order chi connectivity index (χ0) is 16.2. The summed E-state index contributed by atoms with van der Waals surface area (Å²) in [6.45, 7) is 1.05. The highest BCUT2D eigenvalue weighted by Gasteiger charge is 2.65. The number of benzene rings is 1. The maximum absolute atomic E-state index is 10.6. The van der Waals surface area contributed by atoms with Gasteiger partial charge in [-0.05, 0) is 50.6 Å². The normalized spacial score (nSPS) is 34.4. The van der Waals surface area contributed by atoms with Gasteiger partial charge < -0.3 is 19.5 Å². The Labute approximate surface area is 137 Å². The van der Waals surface area contributed by atoms with Gasteiger partial charge in [0.05, 0.1) is 20.3 Å². The number of likely N-dealkylation sites (N-methyl/N-ethyl adjacent to an activating group) is 1. The third-order valence-electron chi connectivity index (χ3n) is 6.26. The number of rotatable bonds is 3. The van der Waals surface area contributed by atoms with Crippen molar-refractivity contribution < 1.29 is 14.6 Å². The number of ether oxygens (including phenoxy) is 2. The standard InChI is InChI=1S/C19H25NO3/c1-20-11-10-18(7-6-16(21)19(8-9-19)17(18)20)13-4-5-14(22-2)15(12-13)23-3/h4-7,12,16-17,21H,8-11H2,1-3H3/t16-,17?,18-/m0/s1. The average molecular weight is 315 g/mol.